The molecule has 0 bridgehead atoms. The summed E-state index contributed by atoms with van der Waals surface area (Å²) in [5.41, 5.74) is 0.977. The Bertz CT molecular complexity index is 903. The minimum atomic E-state index is -3.77. The molecule has 48 heavy (non-hydrogen) atoms. The number of aryl methyl sites for hydroxylation is 1. The summed E-state index contributed by atoms with van der Waals surface area (Å²) in [5.74, 6) is 0. The van der Waals surface area contributed by atoms with Gasteiger partial charge in [-0.3, -0.25) is 4.18 Å². The Labute approximate surface area is 289 Å². The highest BCUT2D eigenvalue weighted by Crippen LogP contribution is 2.13. The normalized spacial score (nSPS) is 11.9. The predicted molar refractivity (Wildman–Crippen MR) is 181 cm³/mol. The lowest BCUT2D eigenvalue weighted by atomic mass is 10.2. The Morgan fingerprint density at radius 2 is 0.688 bits per heavy atom. The highest BCUT2D eigenvalue weighted by Gasteiger charge is 2.14. The molecule has 0 heterocycles. The standard InChI is InChI=1S/C34H62O13S/c1-3-4-5-6-7-12-37-13-14-38-15-16-39-17-18-40-19-20-41-21-22-42-23-24-43-25-26-44-27-28-45-29-30-46-31-32-47-48(35,36)34-10-8-33(2)9-11-34/h8-11H,3-7,12-32H2,1-2H3. The fourth-order valence-corrected chi connectivity index (χ4v) is 4.76. The van der Waals surface area contributed by atoms with Crippen LogP contribution in [0.15, 0.2) is 29.2 Å². The van der Waals surface area contributed by atoms with Crippen molar-refractivity contribution in [2.45, 2.75) is 50.8 Å². The van der Waals surface area contributed by atoms with Crippen LogP contribution in [-0.2, 0) is 61.7 Å². The molecule has 0 aliphatic carbocycles. The second kappa shape index (κ2) is 34.2. The topological polar surface area (TPSA) is 136 Å². The van der Waals surface area contributed by atoms with E-state index in [1.807, 2.05) is 6.92 Å². The SMILES string of the molecule is CCCCCCCOCCOCCOCCOCCOCCOCCOCCOCCOCCOCCOS(=O)(=O)c1ccc(C)cc1. The minimum absolute atomic E-state index is 0.0569. The summed E-state index contributed by atoms with van der Waals surface area (Å²) in [6.45, 7) is 13.9. The van der Waals surface area contributed by atoms with Crippen LogP contribution in [0.25, 0.3) is 0 Å². The summed E-state index contributed by atoms with van der Waals surface area (Å²) in [5, 5.41) is 0. The third-order valence-corrected chi connectivity index (χ3v) is 7.84. The van der Waals surface area contributed by atoms with Gasteiger partial charge in [0.1, 0.15) is 0 Å². The minimum Gasteiger partial charge on any atom is -0.379 e. The second-order valence-corrected chi connectivity index (χ2v) is 12.2. The first kappa shape index (κ1) is 44.8. The molecule has 1 aromatic rings. The van der Waals surface area contributed by atoms with E-state index >= 15 is 0 Å². The zero-order chi connectivity index (χ0) is 34.6. The molecule has 282 valence electrons. The lowest BCUT2D eigenvalue weighted by Gasteiger charge is -2.09. The van der Waals surface area contributed by atoms with Crippen molar-refractivity contribution in [3.05, 3.63) is 29.8 Å². The molecule has 0 radical (unpaired) electrons. The fraction of sp³-hybridized carbons (Fsp3) is 0.824. The van der Waals surface area contributed by atoms with Crippen molar-refractivity contribution in [1.82, 2.24) is 0 Å². The van der Waals surface area contributed by atoms with Crippen LogP contribution in [0.2, 0.25) is 0 Å². The molecule has 0 fully saturated rings. The molecule has 1 rings (SSSR count). The molecule has 0 unspecified atom stereocenters. The van der Waals surface area contributed by atoms with E-state index in [1.54, 1.807) is 12.1 Å². The van der Waals surface area contributed by atoms with Gasteiger partial charge < -0.3 is 47.4 Å². The molecule has 0 saturated heterocycles. The average molecular weight is 711 g/mol. The van der Waals surface area contributed by atoms with Gasteiger partial charge in [-0.2, -0.15) is 8.42 Å². The van der Waals surface area contributed by atoms with Crippen LogP contribution in [0.1, 0.15) is 44.6 Å². The van der Waals surface area contributed by atoms with Crippen LogP contribution in [0.5, 0.6) is 0 Å². The number of unbranched alkanes of at least 4 members (excludes halogenated alkanes) is 4. The molecule has 0 aliphatic heterocycles. The van der Waals surface area contributed by atoms with Gasteiger partial charge in [0, 0.05) is 6.61 Å². The van der Waals surface area contributed by atoms with E-state index in [9.17, 15) is 8.42 Å². The van der Waals surface area contributed by atoms with Crippen molar-refractivity contribution >= 4 is 10.1 Å². The van der Waals surface area contributed by atoms with Gasteiger partial charge in [0.25, 0.3) is 10.1 Å². The number of benzene rings is 1. The van der Waals surface area contributed by atoms with Gasteiger partial charge in [-0.1, -0.05) is 50.3 Å². The summed E-state index contributed by atoms with van der Waals surface area (Å²) in [6.07, 6.45) is 6.25. The quantitative estimate of drug-likeness (QED) is 0.0727. The second-order valence-electron chi connectivity index (χ2n) is 10.6. The zero-order valence-electron chi connectivity index (χ0n) is 29.4. The van der Waals surface area contributed by atoms with E-state index in [2.05, 4.69) is 6.92 Å². The van der Waals surface area contributed by atoms with E-state index in [0.717, 1.165) is 18.6 Å². The summed E-state index contributed by atoms with van der Waals surface area (Å²) < 4.78 is 83.8. The van der Waals surface area contributed by atoms with E-state index < -0.39 is 10.1 Å². The van der Waals surface area contributed by atoms with Crippen molar-refractivity contribution in [2.24, 2.45) is 0 Å². The molecule has 0 aromatic heterocycles. The van der Waals surface area contributed by atoms with Gasteiger partial charge in [0.05, 0.1) is 137 Å². The Morgan fingerprint density at radius 1 is 0.396 bits per heavy atom. The Hall–Kier alpha value is -1.27. The van der Waals surface area contributed by atoms with E-state index in [4.69, 9.17) is 51.6 Å². The van der Waals surface area contributed by atoms with Crippen LogP contribution in [0, 0.1) is 6.92 Å². The molecular weight excluding hydrogens is 648 g/mol. The number of rotatable bonds is 38. The van der Waals surface area contributed by atoms with Crippen molar-refractivity contribution in [1.29, 1.82) is 0 Å². The molecule has 0 amide bonds. The van der Waals surface area contributed by atoms with Crippen LogP contribution >= 0.6 is 0 Å². The Kier molecular flexibility index (Phi) is 31.9. The first-order valence-electron chi connectivity index (χ1n) is 17.3. The van der Waals surface area contributed by atoms with Crippen LogP contribution in [0.3, 0.4) is 0 Å². The van der Waals surface area contributed by atoms with Crippen molar-refractivity contribution in [3.63, 3.8) is 0 Å². The summed E-state index contributed by atoms with van der Waals surface area (Å²) in [7, 11) is -3.77. The monoisotopic (exact) mass is 710 g/mol. The lowest BCUT2D eigenvalue weighted by Crippen LogP contribution is -2.15. The number of ether oxygens (including phenoxy) is 10. The Morgan fingerprint density at radius 3 is 1.02 bits per heavy atom. The third-order valence-electron chi connectivity index (χ3n) is 6.52. The molecule has 0 N–H and O–H groups in total. The van der Waals surface area contributed by atoms with Crippen LogP contribution in [-0.4, -0.2) is 147 Å². The van der Waals surface area contributed by atoms with Crippen molar-refractivity contribution < 1.29 is 60.0 Å². The maximum atomic E-state index is 12.1. The van der Waals surface area contributed by atoms with Gasteiger partial charge in [-0.25, -0.2) is 0 Å². The molecule has 0 saturated carbocycles. The lowest BCUT2D eigenvalue weighted by molar-refractivity contribution is -0.0267. The molecular formula is C34H62O13S. The first-order valence-corrected chi connectivity index (χ1v) is 18.7. The van der Waals surface area contributed by atoms with E-state index in [1.165, 1.54) is 37.8 Å². The number of hydrogen-bond donors (Lipinski definition) is 0. The predicted octanol–water partition coefficient (Wildman–Crippen LogP) is 3.84. The van der Waals surface area contributed by atoms with E-state index in [0.29, 0.717) is 119 Å². The molecule has 0 spiro atoms. The highest BCUT2D eigenvalue weighted by atomic mass is 32.2. The molecule has 14 heteroatoms. The first-order chi connectivity index (χ1) is 23.6. The van der Waals surface area contributed by atoms with Crippen molar-refractivity contribution in [2.75, 3.05) is 139 Å². The van der Waals surface area contributed by atoms with Gasteiger partial charge >= 0.3 is 0 Å². The fourth-order valence-electron chi connectivity index (χ4n) is 3.86. The third kappa shape index (κ3) is 29.6. The van der Waals surface area contributed by atoms with Gasteiger partial charge in [-0.15, -0.1) is 0 Å². The van der Waals surface area contributed by atoms with Gasteiger partial charge in [0.15, 0.2) is 0 Å². The molecule has 0 atom stereocenters. The highest BCUT2D eigenvalue weighted by molar-refractivity contribution is 7.86. The van der Waals surface area contributed by atoms with Crippen LogP contribution in [0.4, 0.5) is 0 Å². The maximum absolute atomic E-state index is 12.1. The molecule has 13 nitrogen and oxygen atoms in total. The number of hydrogen-bond acceptors (Lipinski definition) is 13. The van der Waals surface area contributed by atoms with E-state index in [-0.39, 0.29) is 18.1 Å². The van der Waals surface area contributed by atoms with Crippen LogP contribution < -0.4 is 0 Å². The summed E-state index contributed by atoms with van der Waals surface area (Å²) in [4.78, 5) is 0.130. The summed E-state index contributed by atoms with van der Waals surface area (Å²) >= 11 is 0. The molecule has 0 aliphatic rings. The largest absolute Gasteiger partial charge is 0.379 e. The smallest absolute Gasteiger partial charge is 0.297 e. The maximum Gasteiger partial charge on any atom is 0.297 e. The average Bonchev–Trinajstić information content (AvgIpc) is 3.08. The molecule has 1 aromatic carbocycles. The van der Waals surface area contributed by atoms with Gasteiger partial charge in [0.2, 0.25) is 0 Å². The zero-order valence-corrected chi connectivity index (χ0v) is 30.2. The van der Waals surface area contributed by atoms with Crippen molar-refractivity contribution in [3.8, 4) is 0 Å². The van der Waals surface area contributed by atoms with Gasteiger partial charge in [-0.05, 0) is 25.5 Å². The Balaban J connectivity index is 1.67. The summed E-state index contributed by atoms with van der Waals surface area (Å²) in [6, 6.07) is 6.49.